The molecule has 2 aromatic rings. The third kappa shape index (κ3) is 4.39. The SMILES string of the molecule is CC(C)[C@@H]1OCCC[C@@H]1Nc1ccnc(N2CCO[C@@H](c3nccs3)C2)n1. The van der Waals surface area contributed by atoms with Crippen molar-refractivity contribution in [3.05, 3.63) is 28.8 Å². The second-order valence-corrected chi connectivity index (χ2v) is 8.32. The molecule has 2 saturated heterocycles. The number of nitrogens with one attached hydrogen (secondary N) is 1. The summed E-state index contributed by atoms with van der Waals surface area (Å²) in [5, 5.41) is 6.58. The molecule has 3 atom stereocenters. The van der Waals surface area contributed by atoms with E-state index in [0.717, 1.165) is 49.3 Å². The van der Waals surface area contributed by atoms with E-state index in [0.29, 0.717) is 12.5 Å². The maximum atomic E-state index is 5.99. The van der Waals surface area contributed by atoms with Crippen molar-refractivity contribution in [1.29, 1.82) is 0 Å². The molecule has 1 N–H and O–H groups in total. The Balaban J connectivity index is 1.45. The van der Waals surface area contributed by atoms with Crippen molar-refractivity contribution < 1.29 is 9.47 Å². The number of aromatic nitrogens is 3. The highest BCUT2D eigenvalue weighted by Gasteiger charge is 2.29. The van der Waals surface area contributed by atoms with Crippen LogP contribution >= 0.6 is 11.3 Å². The minimum absolute atomic E-state index is 0.0176. The summed E-state index contributed by atoms with van der Waals surface area (Å²) in [7, 11) is 0. The third-order valence-corrected chi connectivity index (χ3v) is 5.94. The number of morpholine rings is 1. The minimum Gasteiger partial charge on any atom is -0.376 e. The van der Waals surface area contributed by atoms with Crippen LogP contribution in [0.5, 0.6) is 0 Å². The van der Waals surface area contributed by atoms with Gasteiger partial charge in [-0.15, -0.1) is 11.3 Å². The molecule has 146 valence electrons. The van der Waals surface area contributed by atoms with E-state index in [1.165, 1.54) is 0 Å². The number of hydrogen-bond donors (Lipinski definition) is 1. The number of hydrogen-bond acceptors (Lipinski definition) is 8. The highest BCUT2D eigenvalue weighted by atomic mass is 32.1. The van der Waals surface area contributed by atoms with Gasteiger partial charge in [-0.1, -0.05) is 13.8 Å². The summed E-state index contributed by atoms with van der Waals surface area (Å²) in [4.78, 5) is 15.8. The average molecular weight is 390 g/mol. The maximum Gasteiger partial charge on any atom is 0.227 e. The van der Waals surface area contributed by atoms with Crippen LogP contribution in [0, 0.1) is 5.92 Å². The first-order valence-corrected chi connectivity index (χ1v) is 10.6. The zero-order valence-corrected chi connectivity index (χ0v) is 16.7. The Kier molecular flexibility index (Phi) is 5.85. The molecule has 2 aromatic heterocycles. The van der Waals surface area contributed by atoms with Gasteiger partial charge in [-0.25, -0.2) is 9.97 Å². The van der Waals surface area contributed by atoms with Crippen molar-refractivity contribution in [2.24, 2.45) is 5.92 Å². The van der Waals surface area contributed by atoms with Crippen molar-refractivity contribution in [1.82, 2.24) is 15.0 Å². The predicted octanol–water partition coefficient (Wildman–Crippen LogP) is 3.13. The monoisotopic (exact) mass is 389 g/mol. The summed E-state index contributed by atoms with van der Waals surface area (Å²) in [6.07, 6.45) is 6.03. The highest BCUT2D eigenvalue weighted by Crippen LogP contribution is 2.27. The van der Waals surface area contributed by atoms with Crippen LogP contribution in [0.25, 0.3) is 0 Å². The second kappa shape index (κ2) is 8.50. The van der Waals surface area contributed by atoms with Crippen LogP contribution in [-0.2, 0) is 9.47 Å². The topological polar surface area (TPSA) is 72.4 Å². The van der Waals surface area contributed by atoms with Crippen molar-refractivity contribution in [2.45, 2.75) is 44.9 Å². The molecule has 0 aliphatic carbocycles. The summed E-state index contributed by atoms with van der Waals surface area (Å²) < 4.78 is 11.9. The highest BCUT2D eigenvalue weighted by molar-refractivity contribution is 7.09. The summed E-state index contributed by atoms with van der Waals surface area (Å²) in [5.41, 5.74) is 0. The molecule has 7 nitrogen and oxygen atoms in total. The van der Waals surface area contributed by atoms with Gasteiger partial charge in [-0.2, -0.15) is 4.98 Å². The standard InChI is InChI=1S/C19H27N5O2S/c1-13(2)17-14(4-3-9-26-17)22-16-5-6-21-19(23-16)24-8-10-25-15(12-24)18-20-7-11-27-18/h5-7,11,13-15,17H,3-4,8-10,12H2,1-2H3,(H,21,22,23)/t14-,15+,17-/m0/s1. The van der Waals surface area contributed by atoms with Gasteiger partial charge in [0.2, 0.25) is 5.95 Å². The average Bonchev–Trinajstić information content (AvgIpc) is 3.23. The molecule has 0 spiro atoms. The Hall–Kier alpha value is -1.77. The van der Waals surface area contributed by atoms with Gasteiger partial charge in [-0.05, 0) is 24.8 Å². The smallest absolute Gasteiger partial charge is 0.227 e. The number of ether oxygens (including phenoxy) is 2. The molecule has 27 heavy (non-hydrogen) atoms. The van der Waals surface area contributed by atoms with Crippen molar-refractivity contribution in [3.8, 4) is 0 Å². The summed E-state index contributed by atoms with van der Waals surface area (Å²) in [5.74, 6) is 2.07. The van der Waals surface area contributed by atoms with Gasteiger partial charge < -0.3 is 19.7 Å². The van der Waals surface area contributed by atoms with E-state index >= 15 is 0 Å². The van der Waals surface area contributed by atoms with Crippen molar-refractivity contribution >= 4 is 23.1 Å². The molecule has 2 aliphatic rings. The molecule has 0 saturated carbocycles. The maximum absolute atomic E-state index is 5.99. The van der Waals surface area contributed by atoms with Crippen LogP contribution in [0.3, 0.4) is 0 Å². The molecule has 0 radical (unpaired) electrons. The zero-order chi connectivity index (χ0) is 18.6. The van der Waals surface area contributed by atoms with Crippen molar-refractivity contribution in [3.63, 3.8) is 0 Å². The van der Waals surface area contributed by atoms with Gasteiger partial charge in [0.05, 0.1) is 25.3 Å². The molecule has 0 aromatic carbocycles. The van der Waals surface area contributed by atoms with Gasteiger partial charge in [0.1, 0.15) is 16.9 Å². The molecule has 4 heterocycles. The van der Waals surface area contributed by atoms with Crippen LogP contribution in [0.4, 0.5) is 11.8 Å². The molecule has 0 amide bonds. The molecular formula is C19H27N5O2S. The molecule has 8 heteroatoms. The van der Waals surface area contributed by atoms with Gasteiger partial charge >= 0.3 is 0 Å². The molecule has 2 aliphatic heterocycles. The summed E-state index contributed by atoms with van der Waals surface area (Å²) >= 11 is 1.63. The van der Waals surface area contributed by atoms with Gasteiger partial charge in [0.25, 0.3) is 0 Å². The lowest BCUT2D eigenvalue weighted by molar-refractivity contribution is -0.0203. The van der Waals surface area contributed by atoms with E-state index in [-0.39, 0.29) is 18.2 Å². The van der Waals surface area contributed by atoms with Crippen LogP contribution in [0.1, 0.15) is 37.8 Å². The number of nitrogens with zero attached hydrogens (tertiary/aromatic N) is 4. The first-order chi connectivity index (χ1) is 13.2. The van der Waals surface area contributed by atoms with E-state index in [9.17, 15) is 0 Å². The third-order valence-electron chi connectivity index (χ3n) is 5.08. The van der Waals surface area contributed by atoms with E-state index in [2.05, 4.69) is 34.0 Å². The largest absolute Gasteiger partial charge is 0.376 e. The predicted molar refractivity (Wildman–Crippen MR) is 106 cm³/mol. The first-order valence-electron chi connectivity index (χ1n) is 9.68. The lowest BCUT2D eigenvalue weighted by Crippen LogP contribution is -2.43. The molecule has 0 bridgehead atoms. The number of thiazole rings is 1. The van der Waals surface area contributed by atoms with Gasteiger partial charge in [0.15, 0.2) is 0 Å². The summed E-state index contributed by atoms with van der Waals surface area (Å²) in [6, 6.07) is 2.23. The fourth-order valence-corrected chi connectivity index (χ4v) is 4.44. The molecule has 2 fully saturated rings. The number of rotatable bonds is 5. The van der Waals surface area contributed by atoms with Crippen LogP contribution < -0.4 is 10.2 Å². The molecule has 0 unspecified atom stereocenters. The number of anilines is 2. The summed E-state index contributed by atoms with van der Waals surface area (Å²) in [6.45, 7) is 7.43. The van der Waals surface area contributed by atoms with E-state index in [1.54, 1.807) is 11.3 Å². The lowest BCUT2D eigenvalue weighted by Gasteiger charge is -2.35. The van der Waals surface area contributed by atoms with E-state index in [1.807, 2.05) is 23.8 Å². The van der Waals surface area contributed by atoms with Crippen molar-refractivity contribution in [2.75, 3.05) is 36.5 Å². The Labute approximate surface area is 164 Å². The van der Waals surface area contributed by atoms with Crippen LogP contribution in [-0.4, -0.2) is 53.4 Å². The van der Waals surface area contributed by atoms with Gasteiger partial charge in [-0.3, -0.25) is 0 Å². The van der Waals surface area contributed by atoms with Gasteiger partial charge in [0, 0.05) is 30.9 Å². The fraction of sp³-hybridized carbons (Fsp3) is 0.632. The Morgan fingerprint density at radius 3 is 2.96 bits per heavy atom. The van der Waals surface area contributed by atoms with E-state index in [4.69, 9.17) is 14.5 Å². The Morgan fingerprint density at radius 2 is 2.15 bits per heavy atom. The lowest BCUT2D eigenvalue weighted by atomic mass is 9.94. The normalized spacial score (nSPS) is 26.3. The first kappa shape index (κ1) is 18.6. The second-order valence-electron chi connectivity index (χ2n) is 7.39. The quantitative estimate of drug-likeness (QED) is 0.842. The fourth-order valence-electron chi connectivity index (χ4n) is 3.76. The van der Waals surface area contributed by atoms with Crippen LogP contribution in [0.15, 0.2) is 23.8 Å². The zero-order valence-electron chi connectivity index (χ0n) is 15.9. The molecule has 4 rings (SSSR count). The minimum atomic E-state index is -0.0176. The Morgan fingerprint density at radius 1 is 1.22 bits per heavy atom. The van der Waals surface area contributed by atoms with E-state index < -0.39 is 0 Å². The molecular weight excluding hydrogens is 362 g/mol. The van der Waals surface area contributed by atoms with Crippen LogP contribution in [0.2, 0.25) is 0 Å². The Bertz CT molecular complexity index is 727.